The van der Waals surface area contributed by atoms with E-state index in [1.807, 2.05) is 12.1 Å². The molecule has 2 heterocycles. The lowest BCUT2D eigenvalue weighted by Crippen LogP contribution is -2.32. The van der Waals surface area contributed by atoms with Crippen LogP contribution in [0.5, 0.6) is 11.5 Å². The van der Waals surface area contributed by atoms with Crippen molar-refractivity contribution in [2.45, 2.75) is 5.41 Å². The van der Waals surface area contributed by atoms with Crippen LogP contribution >= 0.6 is 0 Å². The number of hydrogen-bond donors (Lipinski definition) is 0. The van der Waals surface area contributed by atoms with Crippen LogP contribution in [0.3, 0.4) is 0 Å². The van der Waals surface area contributed by atoms with Crippen LogP contribution in [0, 0.1) is 0 Å². The second kappa shape index (κ2) is 14.5. The van der Waals surface area contributed by atoms with Gasteiger partial charge in [-0.05, 0) is 56.1 Å². The van der Waals surface area contributed by atoms with Crippen molar-refractivity contribution in [3.8, 4) is 90.2 Å². The molecule has 9 aromatic carbocycles. The van der Waals surface area contributed by atoms with Crippen LogP contribution in [-0.2, 0) is 5.41 Å². The standard InChI is InChI=1S/C58H37N3O/c1-3-14-38(15-4-1)40-26-32-43(33-27-40)55-59-56(44-34-28-41(29-35-44)39-16-5-2-6-17-39)61-57(60-55)45-36-30-42(31-37-45)46-20-13-24-52-54(46)62-53-25-12-11-23-51(53)58(52)49-21-9-7-18-47(49)48-19-8-10-22-50(48)58/h1-37H. The molecule has 0 radical (unpaired) electrons. The van der Waals surface area contributed by atoms with E-state index in [4.69, 9.17) is 19.7 Å². The van der Waals surface area contributed by atoms with Gasteiger partial charge in [-0.1, -0.05) is 218 Å². The van der Waals surface area contributed by atoms with Gasteiger partial charge in [-0.25, -0.2) is 15.0 Å². The van der Waals surface area contributed by atoms with E-state index in [2.05, 4.69) is 212 Å². The van der Waals surface area contributed by atoms with Crippen LogP contribution in [0.1, 0.15) is 22.3 Å². The molecule has 0 amide bonds. The number of nitrogens with zero attached hydrogens (tertiary/aromatic N) is 3. The summed E-state index contributed by atoms with van der Waals surface area (Å²) in [5, 5.41) is 0. The van der Waals surface area contributed by atoms with Gasteiger partial charge in [0.15, 0.2) is 17.5 Å². The van der Waals surface area contributed by atoms with Crippen molar-refractivity contribution >= 4 is 0 Å². The van der Waals surface area contributed by atoms with Crippen LogP contribution in [0.25, 0.3) is 78.7 Å². The van der Waals surface area contributed by atoms with Gasteiger partial charge >= 0.3 is 0 Å². The maximum absolute atomic E-state index is 6.96. The Labute approximate surface area is 360 Å². The van der Waals surface area contributed by atoms with Crippen LogP contribution in [-0.4, -0.2) is 15.0 Å². The quantitative estimate of drug-likeness (QED) is 0.168. The molecule has 4 nitrogen and oxygen atoms in total. The van der Waals surface area contributed by atoms with Crippen molar-refractivity contribution < 1.29 is 4.74 Å². The highest BCUT2D eigenvalue weighted by Gasteiger charge is 2.51. The Kier molecular flexibility index (Phi) is 8.36. The first-order chi connectivity index (χ1) is 30.7. The number of benzene rings is 9. The summed E-state index contributed by atoms with van der Waals surface area (Å²) in [7, 11) is 0. The zero-order chi connectivity index (χ0) is 41.0. The second-order valence-electron chi connectivity index (χ2n) is 15.9. The molecule has 0 saturated carbocycles. The Morgan fingerprint density at radius 1 is 0.258 bits per heavy atom. The Bertz CT molecular complexity index is 3140. The average molecular weight is 792 g/mol. The Morgan fingerprint density at radius 2 is 0.613 bits per heavy atom. The van der Waals surface area contributed by atoms with E-state index in [-0.39, 0.29) is 0 Å². The maximum Gasteiger partial charge on any atom is 0.164 e. The first kappa shape index (κ1) is 35.7. The minimum absolute atomic E-state index is 0.524. The monoisotopic (exact) mass is 791 g/mol. The molecule has 12 rings (SSSR count). The average Bonchev–Trinajstić information content (AvgIpc) is 3.65. The fraction of sp³-hybridized carbons (Fsp3) is 0.0172. The summed E-state index contributed by atoms with van der Waals surface area (Å²) in [4.78, 5) is 15.3. The Balaban J connectivity index is 0.962. The molecule has 0 N–H and O–H groups in total. The molecule has 1 aromatic heterocycles. The highest BCUT2D eigenvalue weighted by atomic mass is 16.5. The van der Waals surface area contributed by atoms with Gasteiger partial charge in [0.25, 0.3) is 0 Å². The molecule has 10 aromatic rings. The molecule has 1 aliphatic carbocycles. The molecule has 290 valence electrons. The molecule has 0 unspecified atom stereocenters. The molecule has 0 fully saturated rings. The van der Waals surface area contributed by atoms with Gasteiger partial charge in [0.05, 0.1) is 5.41 Å². The SMILES string of the molecule is c1ccc(-c2ccc(-c3nc(-c4ccc(-c5ccccc5)cc4)nc(-c4ccc(-c5cccc6c5Oc5ccccc5C65c6ccccc6-c6ccccc65)cc4)n3)cc2)cc1. The summed E-state index contributed by atoms with van der Waals surface area (Å²) in [5.41, 5.74) is 16.2. The lowest BCUT2D eigenvalue weighted by atomic mass is 9.65. The predicted octanol–water partition coefficient (Wildman–Crippen LogP) is 14.3. The third-order valence-electron chi connectivity index (χ3n) is 12.5. The molecule has 4 heteroatoms. The van der Waals surface area contributed by atoms with E-state index < -0.39 is 5.41 Å². The van der Waals surface area contributed by atoms with Crippen LogP contribution in [0.2, 0.25) is 0 Å². The lowest BCUT2D eigenvalue weighted by molar-refractivity contribution is 0.438. The first-order valence-corrected chi connectivity index (χ1v) is 21.0. The maximum atomic E-state index is 6.96. The fourth-order valence-electron chi connectivity index (χ4n) is 9.55. The van der Waals surface area contributed by atoms with Gasteiger partial charge in [-0.3, -0.25) is 0 Å². The number of hydrogen-bond acceptors (Lipinski definition) is 4. The highest BCUT2D eigenvalue weighted by molar-refractivity contribution is 5.90. The zero-order valence-corrected chi connectivity index (χ0v) is 33.6. The normalized spacial score (nSPS) is 12.8. The van der Waals surface area contributed by atoms with Crippen molar-refractivity contribution in [3.63, 3.8) is 0 Å². The summed E-state index contributed by atoms with van der Waals surface area (Å²) < 4.78 is 6.96. The number of aromatic nitrogens is 3. The molecule has 1 aliphatic heterocycles. The summed E-state index contributed by atoms with van der Waals surface area (Å²) in [5.74, 6) is 3.58. The fourth-order valence-corrected chi connectivity index (χ4v) is 9.55. The van der Waals surface area contributed by atoms with Crippen molar-refractivity contribution in [2.75, 3.05) is 0 Å². The molecular weight excluding hydrogens is 755 g/mol. The molecule has 1 spiro atoms. The van der Waals surface area contributed by atoms with E-state index >= 15 is 0 Å². The smallest absolute Gasteiger partial charge is 0.164 e. The van der Waals surface area contributed by atoms with Crippen molar-refractivity contribution in [2.24, 2.45) is 0 Å². The molecule has 0 bridgehead atoms. The number of fused-ring (bicyclic) bond motifs is 9. The topological polar surface area (TPSA) is 47.9 Å². The van der Waals surface area contributed by atoms with Gasteiger partial charge in [0.2, 0.25) is 0 Å². The number of ether oxygens (including phenoxy) is 1. The summed E-state index contributed by atoms with van der Waals surface area (Å²) in [6, 6.07) is 79.0. The molecule has 0 atom stereocenters. The van der Waals surface area contributed by atoms with Gasteiger partial charge in [0.1, 0.15) is 11.5 Å². The minimum Gasteiger partial charge on any atom is -0.456 e. The van der Waals surface area contributed by atoms with Crippen LogP contribution < -0.4 is 4.74 Å². The van der Waals surface area contributed by atoms with E-state index in [9.17, 15) is 0 Å². The molecule has 2 aliphatic rings. The molecule has 0 saturated heterocycles. The summed E-state index contributed by atoms with van der Waals surface area (Å²) >= 11 is 0. The molecule has 62 heavy (non-hydrogen) atoms. The van der Waals surface area contributed by atoms with Crippen LogP contribution in [0.15, 0.2) is 224 Å². The second-order valence-corrected chi connectivity index (χ2v) is 15.9. The van der Waals surface area contributed by atoms with E-state index in [0.29, 0.717) is 17.5 Å². The van der Waals surface area contributed by atoms with Crippen molar-refractivity contribution in [1.82, 2.24) is 15.0 Å². The van der Waals surface area contributed by atoms with Gasteiger partial charge in [-0.2, -0.15) is 0 Å². The largest absolute Gasteiger partial charge is 0.456 e. The minimum atomic E-state index is -0.524. The van der Waals surface area contributed by atoms with Gasteiger partial charge in [-0.15, -0.1) is 0 Å². The van der Waals surface area contributed by atoms with E-state index in [0.717, 1.165) is 72.7 Å². The van der Waals surface area contributed by atoms with Gasteiger partial charge < -0.3 is 4.74 Å². The zero-order valence-electron chi connectivity index (χ0n) is 33.6. The highest BCUT2D eigenvalue weighted by Crippen LogP contribution is 2.63. The number of rotatable bonds is 6. The first-order valence-electron chi connectivity index (χ1n) is 21.0. The van der Waals surface area contributed by atoms with Gasteiger partial charge in [0, 0.05) is 33.4 Å². The van der Waals surface area contributed by atoms with Crippen LogP contribution in [0.4, 0.5) is 0 Å². The molecular formula is C58H37N3O. The Morgan fingerprint density at radius 3 is 1.11 bits per heavy atom. The lowest BCUT2D eigenvalue weighted by Gasteiger charge is -2.40. The third kappa shape index (κ3) is 5.72. The number of para-hydroxylation sites is 2. The Hall–Kier alpha value is -8.21. The van der Waals surface area contributed by atoms with E-state index in [1.165, 1.54) is 22.3 Å². The summed E-state index contributed by atoms with van der Waals surface area (Å²) in [6.07, 6.45) is 0. The van der Waals surface area contributed by atoms with Crippen molar-refractivity contribution in [1.29, 1.82) is 0 Å². The third-order valence-corrected chi connectivity index (χ3v) is 12.5. The predicted molar refractivity (Wildman–Crippen MR) is 250 cm³/mol. The van der Waals surface area contributed by atoms with E-state index in [1.54, 1.807) is 0 Å². The van der Waals surface area contributed by atoms with Crippen molar-refractivity contribution in [3.05, 3.63) is 247 Å². The summed E-state index contributed by atoms with van der Waals surface area (Å²) in [6.45, 7) is 0.